The molecule has 0 atom stereocenters. The summed E-state index contributed by atoms with van der Waals surface area (Å²) in [5.74, 6) is 0. The van der Waals surface area contributed by atoms with Crippen LogP contribution < -0.4 is 28.4 Å². The molecule has 0 amide bonds. The van der Waals surface area contributed by atoms with E-state index in [1.165, 1.54) is 0 Å². The Kier molecular flexibility index (Phi) is 10.6. The molecule has 0 radical (unpaired) electrons. The van der Waals surface area contributed by atoms with E-state index in [1.54, 1.807) is 0 Å². The quantitative estimate of drug-likeness (QED) is 0.305. The predicted molar refractivity (Wildman–Crippen MR) is 92.6 cm³/mol. The maximum atomic E-state index is 9.10. The largest absolute Gasteiger partial charge is 0.688 e. The number of nitrogens with zero attached hydrogens (tertiary/aromatic N) is 6. The van der Waals surface area contributed by atoms with Crippen molar-refractivity contribution in [2.45, 2.75) is 0 Å². The van der Waals surface area contributed by atoms with Crippen LogP contribution in [0.5, 0.6) is 0 Å². The Morgan fingerprint density at radius 3 is 0.846 bits per heavy atom. The molecule has 10 heteroatoms. The summed E-state index contributed by atoms with van der Waals surface area (Å²) in [6.45, 7) is 0.632. The second-order valence-electron chi connectivity index (χ2n) is 6.00. The Balaban J connectivity index is 0.000000324. The molecular formula is C16H30N6O3P+. The fraction of sp³-hybridized carbons (Fsp3) is 0.438. The smallest absolute Gasteiger partial charge is 0.243 e. The normalized spacial score (nSPS) is 9.92. The van der Waals surface area contributed by atoms with E-state index >= 15 is 0 Å². The summed E-state index contributed by atoms with van der Waals surface area (Å²) in [6.07, 6.45) is 18.0. The molecule has 26 heavy (non-hydrogen) atoms. The van der Waals surface area contributed by atoms with Gasteiger partial charge in [-0.3, -0.25) is 0 Å². The molecule has 3 aromatic rings. The number of hydrogen-bond donors (Lipinski definition) is 0. The highest BCUT2D eigenvalue weighted by atomic mass is 31.2. The molecule has 3 aromatic heterocycles. The van der Waals surface area contributed by atoms with Gasteiger partial charge in [-0.25, -0.2) is 27.4 Å². The zero-order valence-electron chi connectivity index (χ0n) is 16.6. The van der Waals surface area contributed by atoms with Crippen LogP contribution in [-0.2, 0) is 42.3 Å². The molecule has 3 heterocycles. The maximum Gasteiger partial charge on any atom is 0.243 e. The van der Waals surface area contributed by atoms with Crippen LogP contribution in [0.25, 0.3) is 0 Å². The van der Waals surface area contributed by atoms with E-state index in [4.69, 9.17) is 14.7 Å². The average molecular weight is 385 g/mol. The van der Waals surface area contributed by atoms with Gasteiger partial charge >= 0.3 is 0 Å². The van der Waals surface area contributed by atoms with Crippen molar-refractivity contribution >= 4 is 7.94 Å². The topological polar surface area (TPSA) is 95.6 Å². The van der Waals surface area contributed by atoms with E-state index in [-0.39, 0.29) is 0 Å². The molecule has 0 aliphatic heterocycles. The minimum atomic E-state index is -4.14. The van der Waals surface area contributed by atoms with Crippen LogP contribution in [0.3, 0.4) is 0 Å². The van der Waals surface area contributed by atoms with Gasteiger partial charge in [0.05, 0.1) is 42.3 Å². The van der Waals surface area contributed by atoms with Crippen molar-refractivity contribution in [2.75, 3.05) is 6.66 Å². The number of aryl methyl sites for hydroxylation is 6. The first-order chi connectivity index (χ1) is 11.9. The molecule has 0 aliphatic carbocycles. The zero-order chi connectivity index (χ0) is 20.3. The van der Waals surface area contributed by atoms with Gasteiger partial charge in [0.1, 0.15) is 37.2 Å². The molecule has 146 valence electrons. The molecule has 0 aliphatic rings. The number of hydrogen-bond acceptors (Lipinski definition) is 3. The zero-order valence-corrected chi connectivity index (χ0v) is 17.4. The Hall–Kier alpha value is -2.06. The van der Waals surface area contributed by atoms with Gasteiger partial charge in [-0.2, -0.15) is 7.94 Å². The molecule has 0 unspecified atom stereocenters. The molecule has 3 rings (SSSR count). The maximum absolute atomic E-state index is 9.10. The van der Waals surface area contributed by atoms with Gasteiger partial charge in [-0.1, -0.05) is 0 Å². The van der Waals surface area contributed by atoms with Crippen LogP contribution >= 0.6 is 7.94 Å². The first-order valence-corrected chi connectivity index (χ1v) is 9.77. The first-order valence-electron chi connectivity index (χ1n) is 7.78. The fourth-order valence-corrected chi connectivity index (χ4v) is 1.72. The van der Waals surface area contributed by atoms with Gasteiger partial charge in [0.15, 0.2) is 0 Å². The summed E-state index contributed by atoms with van der Waals surface area (Å²) in [4.78, 5) is 27.3. The molecule has 0 saturated heterocycles. The van der Waals surface area contributed by atoms with Crippen LogP contribution in [0.4, 0.5) is 0 Å². The van der Waals surface area contributed by atoms with Crippen molar-refractivity contribution in [3.8, 4) is 0 Å². The summed E-state index contributed by atoms with van der Waals surface area (Å²) in [6, 6.07) is 0. The van der Waals surface area contributed by atoms with E-state index in [0.29, 0.717) is 6.66 Å². The van der Waals surface area contributed by atoms with E-state index in [0.717, 1.165) is 0 Å². The Morgan fingerprint density at radius 1 is 0.615 bits per heavy atom. The first kappa shape index (κ1) is 23.9. The van der Waals surface area contributed by atoms with Gasteiger partial charge < -0.3 is 14.7 Å². The van der Waals surface area contributed by atoms with Gasteiger partial charge in [-0.05, 0) is 0 Å². The SMILES string of the molecule is C[P+]([O-])([O-])[O-].Cn1cc[n+](C)c1.Cn1cc[n+](C)c1.Cn1cc[n+](C)c1. The Morgan fingerprint density at radius 2 is 0.808 bits per heavy atom. The fourth-order valence-electron chi connectivity index (χ4n) is 1.72. The lowest BCUT2D eigenvalue weighted by Crippen LogP contribution is -2.30. The molecule has 9 nitrogen and oxygen atoms in total. The second-order valence-corrected chi connectivity index (χ2v) is 7.55. The molecule has 0 spiro atoms. The molecule has 0 N–H and O–H groups in total. The van der Waals surface area contributed by atoms with Crippen molar-refractivity contribution < 1.29 is 28.4 Å². The Labute approximate surface area is 155 Å². The molecule has 0 bridgehead atoms. The lowest BCUT2D eigenvalue weighted by molar-refractivity contribution is -0.671. The lowest BCUT2D eigenvalue weighted by Gasteiger charge is -2.37. The van der Waals surface area contributed by atoms with Crippen molar-refractivity contribution in [3.05, 3.63) is 56.2 Å². The lowest BCUT2D eigenvalue weighted by atomic mass is 10.9. The van der Waals surface area contributed by atoms with Crippen LogP contribution in [0.15, 0.2) is 56.2 Å². The number of rotatable bonds is 0. The Bertz CT molecular complexity index is 599. The van der Waals surface area contributed by atoms with Gasteiger partial charge in [0.25, 0.3) is 0 Å². The third-order valence-corrected chi connectivity index (χ3v) is 2.70. The van der Waals surface area contributed by atoms with Crippen molar-refractivity contribution in [1.82, 2.24) is 13.7 Å². The van der Waals surface area contributed by atoms with Crippen LogP contribution in [0.1, 0.15) is 0 Å². The highest BCUT2D eigenvalue weighted by Crippen LogP contribution is 2.17. The van der Waals surface area contributed by atoms with Gasteiger partial charge in [0, 0.05) is 6.66 Å². The predicted octanol–water partition coefficient (Wildman–Crippen LogP) is -2.99. The minimum absolute atomic E-state index is 0.632. The van der Waals surface area contributed by atoms with E-state index in [2.05, 4.69) is 0 Å². The minimum Gasteiger partial charge on any atom is -0.688 e. The standard InChI is InChI=1S/3C5H9N2.CH5O3P/c3*1-6-3-4-7(2)5-6;1-5(2,3)4/h3*3-5H,1-2H3;1H3,(H2,2,3,4)/q3*+1;/p-2. The van der Waals surface area contributed by atoms with E-state index in [1.807, 2.05) is 126 Å². The van der Waals surface area contributed by atoms with Crippen LogP contribution in [-0.4, -0.2) is 20.4 Å². The number of aromatic nitrogens is 6. The molecular weight excluding hydrogens is 355 g/mol. The van der Waals surface area contributed by atoms with E-state index in [9.17, 15) is 0 Å². The highest BCUT2D eigenvalue weighted by molar-refractivity contribution is 7.53. The third-order valence-electron chi connectivity index (χ3n) is 2.70. The second kappa shape index (κ2) is 11.5. The van der Waals surface area contributed by atoms with Gasteiger partial charge in [0.2, 0.25) is 19.0 Å². The summed E-state index contributed by atoms with van der Waals surface area (Å²) < 4.78 is 12.0. The highest BCUT2D eigenvalue weighted by Gasteiger charge is 1.88. The van der Waals surface area contributed by atoms with Crippen molar-refractivity contribution in [1.29, 1.82) is 0 Å². The molecule has 0 fully saturated rings. The monoisotopic (exact) mass is 385 g/mol. The summed E-state index contributed by atoms with van der Waals surface area (Å²) >= 11 is 0. The van der Waals surface area contributed by atoms with Gasteiger partial charge in [-0.15, -0.1) is 0 Å². The summed E-state index contributed by atoms with van der Waals surface area (Å²) in [5.41, 5.74) is 0. The van der Waals surface area contributed by atoms with Crippen LogP contribution in [0, 0.1) is 0 Å². The summed E-state index contributed by atoms with van der Waals surface area (Å²) in [5, 5.41) is 0. The summed E-state index contributed by atoms with van der Waals surface area (Å²) in [7, 11) is 7.86. The van der Waals surface area contributed by atoms with Crippen molar-refractivity contribution in [2.24, 2.45) is 42.3 Å². The number of imidazole rings is 3. The molecule has 0 saturated carbocycles. The van der Waals surface area contributed by atoms with E-state index < -0.39 is 7.94 Å². The van der Waals surface area contributed by atoms with Crippen LogP contribution in [0.2, 0.25) is 0 Å². The molecule has 0 aromatic carbocycles. The van der Waals surface area contributed by atoms with Crippen molar-refractivity contribution in [3.63, 3.8) is 0 Å². The third kappa shape index (κ3) is 15.5. The average Bonchev–Trinajstić information content (AvgIpc) is 3.14.